The molecule has 1 aliphatic rings. The fraction of sp³-hybridized carbons (Fsp3) is 0.800. The van der Waals surface area contributed by atoms with E-state index in [0.29, 0.717) is 37.9 Å². The largest absolute Gasteiger partial charge is 0.384 e. The third kappa shape index (κ3) is 4.78. The number of carbonyl (C=O) groups is 1. The van der Waals surface area contributed by atoms with Gasteiger partial charge in [0.1, 0.15) is 6.61 Å². The Balaban J connectivity index is 1.78. The van der Waals surface area contributed by atoms with Gasteiger partial charge < -0.3 is 18.9 Å². The molecule has 0 spiro atoms. The number of amides is 1. The highest BCUT2D eigenvalue weighted by molar-refractivity contribution is 5.78. The zero-order valence-electron chi connectivity index (χ0n) is 13.6. The summed E-state index contributed by atoms with van der Waals surface area (Å²) in [4.78, 5) is 18.2. The fourth-order valence-corrected chi connectivity index (χ4v) is 2.47. The van der Waals surface area contributed by atoms with Crippen LogP contribution in [0.1, 0.15) is 38.4 Å². The van der Waals surface area contributed by atoms with Crippen LogP contribution in [0.3, 0.4) is 0 Å². The van der Waals surface area contributed by atoms with E-state index in [1.807, 2.05) is 18.7 Å². The highest BCUT2D eigenvalue weighted by Crippen LogP contribution is 2.16. The summed E-state index contributed by atoms with van der Waals surface area (Å²) in [5.74, 6) is 1.31. The molecule has 2 heterocycles. The monoisotopic (exact) mass is 311 g/mol. The van der Waals surface area contributed by atoms with E-state index in [1.54, 1.807) is 7.11 Å². The molecule has 7 nitrogen and oxygen atoms in total. The minimum atomic E-state index is 0.0271. The average Bonchev–Trinajstić information content (AvgIpc) is 2.98. The van der Waals surface area contributed by atoms with Crippen LogP contribution in [-0.4, -0.2) is 53.9 Å². The van der Waals surface area contributed by atoms with Crippen molar-refractivity contribution in [2.75, 3.05) is 26.8 Å². The number of ether oxygens (including phenoxy) is 2. The van der Waals surface area contributed by atoms with Crippen molar-refractivity contribution >= 4 is 5.91 Å². The Morgan fingerprint density at radius 3 is 3.05 bits per heavy atom. The molecule has 0 aromatic carbocycles. The molecule has 0 radical (unpaired) electrons. The molecule has 1 amide bonds. The Kier molecular flexibility index (Phi) is 6.33. The fourth-order valence-electron chi connectivity index (χ4n) is 2.47. The van der Waals surface area contributed by atoms with Crippen molar-refractivity contribution in [1.29, 1.82) is 0 Å². The van der Waals surface area contributed by atoms with Gasteiger partial charge in [-0.05, 0) is 12.8 Å². The molecule has 1 fully saturated rings. The molecule has 1 unspecified atom stereocenters. The summed E-state index contributed by atoms with van der Waals surface area (Å²) in [6, 6.07) is 0. The van der Waals surface area contributed by atoms with Gasteiger partial charge in [-0.25, -0.2) is 0 Å². The van der Waals surface area contributed by atoms with Crippen molar-refractivity contribution in [1.82, 2.24) is 15.0 Å². The second-order valence-corrected chi connectivity index (χ2v) is 5.86. The van der Waals surface area contributed by atoms with Gasteiger partial charge in [-0.1, -0.05) is 19.0 Å². The lowest BCUT2D eigenvalue weighted by atomic mass is 10.1. The number of hydrogen-bond donors (Lipinski definition) is 0. The minimum Gasteiger partial charge on any atom is -0.384 e. The summed E-state index contributed by atoms with van der Waals surface area (Å²) >= 11 is 0. The van der Waals surface area contributed by atoms with Gasteiger partial charge in [-0.15, -0.1) is 0 Å². The molecule has 0 N–H and O–H groups in total. The quantitative estimate of drug-likeness (QED) is 0.758. The lowest BCUT2D eigenvalue weighted by molar-refractivity contribution is -0.138. The Morgan fingerprint density at radius 1 is 1.50 bits per heavy atom. The molecule has 2 rings (SSSR count). The van der Waals surface area contributed by atoms with E-state index in [1.165, 1.54) is 0 Å². The van der Waals surface area contributed by atoms with Gasteiger partial charge in [-0.3, -0.25) is 4.79 Å². The Morgan fingerprint density at radius 2 is 2.32 bits per heavy atom. The van der Waals surface area contributed by atoms with Gasteiger partial charge in [0.2, 0.25) is 11.8 Å². The number of aromatic nitrogens is 2. The van der Waals surface area contributed by atoms with Gasteiger partial charge in [0.25, 0.3) is 0 Å². The number of nitrogens with zero attached hydrogens (tertiary/aromatic N) is 3. The van der Waals surface area contributed by atoms with E-state index in [0.717, 1.165) is 19.4 Å². The first kappa shape index (κ1) is 16.9. The van der Waals surface area contributed by atoms with Crippen LogP contribution in [-0.2, 0) is 27.3 Å². The summed E-state index contributed by atoms with van der Waals surface area (Å²) < 4.78 is 15.9. The lowest BCUT2D eigenvalue weighted by Gasteiger charge is -2.33. The van der Waals surface area contributed by atoms with Gasteiger partial charge in [0.05, 0.1) is 19.1 Å². The molecule has 7 heteroatoms. The second kappa shape index (κ2) is 8.24. The molecule has 0 aliphatic carbocycles. The zero-order valence-corrected chi connectivity index (χ0v) is 13.6. The van der Waals surface area contributed by atoms with Gasteiger partial charge >= 0.3 is 0 Å². The van der Waals surface area contributed by atoms with Crippen molar-refractivity contribution in [3.63, 3.8) is 0 Å². The van der Waals surface area contributed by atoms with Crippen LogP contribution in [0.5, 0.6) is 0 Å². The third-order valence-corrected chi connectivity index (χ3v) is 3.66. The van der Waals surface area contributed by atoms with Gasteiger partial charge in [-0.2, -0.15) is 4.98 Å². The number of piperidine rings is 1. The molecule has 1 atom stereocenters. The van der Waals surface area contributed by atoms with Crippen LogP contribution in [0.25, 0.3) is 0 Å². The molecule has 1 aromatic rings. The number of methoxy groups -OCH3 is 1. The number of rotatable bonds is 7. The standard InChI is InChI=1S/C15H25N3O4/c1-11(2)15(19)18-7-4-5-12(9-18)21-10-13-16-14(22-17-13)6-8-20-3/h11-12H,4-10H2,1-3H3. The van der Waals surface area contributed by atoms with Gasteiger partial charge in [0.15, 0.2) is 5.82 Å². The lowest BCUT2D eigenvalue weighted by Crippen LogP contribution is -2.44. The van der Waals surface area contributed by atoms with Crippen molar-refractivity contribution in [3.8, 4) is 0 Å². The van der Waals surface area contributed by atoms with E-state index in [9.17, 15) is 4.79 Å². The molecule has 0 bridgehead atoms. The van der Waals surface area contributed by atoms with Crippen LogP contribution in [0.2, 0.25) is 0 Å². The van der Waals surface area contributed by atoms with E-state index >= 15 is 0 Å². The van der Waals surface area contributed by atoms with E-state index in [2.05, 4.69) is 10.1 Å². The summed E-state index contributed by atoms with van der Waals surface area (Å²) in [5.41, 5.74) is 0. The predicted molar refractivity (Wildman–Crippen MR) is 79.1 cm³/mol. The Hall–Kier alpha value is -1.47. The molecule has 0 saturated carbocycles. The van der Waals surface area contributed by atoms with E-state index in [4.69, 9.17) is 14.0 Å². The molecular weight excluding hydrogens is 286 g/mol. The maximum atomic E-state index is 12.0. The van der Waals surface area contributed by atoms with Crippen molar-refractivity contribution in [2.24, 2.45) is 5.92 Å². The molecule has 124 valence electrons. The van der Waals surface area contributed by atoms with Crippen LogP contribution in [0.4, 0.5) is 0 Å². The van der Waals surface area contributed by atoms with Crippen LogP contribution in [0.15, 0.2) is 4.52 Å². The van der Waals surface area contributed by atoms with Crippen molar-refractivity contribution < 1.29 is 18.8 Å². The Labute approximate surface area is 131 Å². The van der Waals surface area contributed by atoms with Crippen molar-refractivity contribution in [3.05, 3.63) is 11.7 Å². The SMILES string of the molecule is COCCc1nc(COC2CCCN(C(=O)C(C)C)C2)no1. The Bertz CT molecular complexity index is 475. The predicted octanol–water partition coefficient (Wildman–Crippen LogP) is 1.42. The zero-order chi connectivity index (χ0) is 15.9. The maximum Gasteiger partial charge on any atom is 0.229 e. The number of hydrogen-bond acceptors (Lipinski definition) is 6. The first-order valence-corrected chi connectivity index (χ1v) is 7.81. The maximum absolute atomic E-state index is 12.0. The van der Waals surface area contributed by atoms with Crippen LogP contribution in [0, 0.1) is 5.92 Å². The molecule has 1 aromatic heterocycles. The smallest absolute Gasteiger partial charge is 0.229 e. The number of carbonyl (C=O) groups excluding carboxylic acids is 1. The van der Waals surface area contributed by atoms with E-state index < -0.39 is 0 Å². The summed E-state index contributed by atoms with van der Waals surface area (Å²) in [6.45, 7) is 6.18. The minimum absolute atomic E-state index is 0.0271. The van der Waals surface area contributed by atoms with E-state index in [-0.39, 0.29) is 17.9 Å². The first-order valence-electron chi connectivity index (χ1n) is 7.81. The molecular formula is C15H25N3O4. The topological polar surface area (TPSA) is 77.7 Å². The summed E-state index contributed by atoms with van der Waals surface area (Å²) in [5, 5.41) is 3.89. The summed E-state index contributed by atoms with van der Waals surface area (Å²) in [6.07, 6.45) is 2.56. The third-order valence-electron chi connectivity index (χ3n) is 3.66. The normalized spacial score (nSPS) is 18.9. The van der Waals surface area contributed by atoms with Crippen LogP contribution >= 0.6 is 0 Å². The first-order chi connectivity index (χ1) is 10.6. The molecule has 1 aliphatic heterocycles. The second-order valence-electron chi connectivity index (χ2n) is 5.86. The average molecular weight is 311 g/mol. The van der Waals surface area contributed by atoms with Crippen LogP contribution < -0.4 is 0 Å². The number of likely N-dealkylation sites (tertiary alicyclic amines) is 1. The van der Waals surface area contributed by atoms with Gasteiger partial charge in [0, 0.05) is 26.1 Å². The summed E-state index contributed by atoms with van der Waals surface area (Å²) in [7, 11) is 1.63. The molecule has 1 saturated heterocycles. The van der Waals surface area contributed by atoms with Crippen molar-refractivity contribution in [2.45, 2.75) is 45.8 Å². The highest BCUT2D eigenvalue weighted by atomic mass is 16.5. The highest BCUT2D eigenvalue weighted by Gasteiger charge is 2.25. The molecule has 22 heavy (non-hydrogen) atoms.